The summed E-state index contributed by atoms with van der Waals surface area (Å²) in [6.07, 6.45) is -1.22. The van der Waals surface area contributed by atoms with Crippen LogP contribution in [0.15, 0.2) is 41.4 Å². The summed E-state index contributed by atoms with van der Waals surface area (Å²) in [5.74, 6) is 5.15. The van der Waals surface area contributed by atoms with Gasteiger partial charge in [0.25, 0.3) is 0 Å². The Morgan fingerprint density at radius 3 is 2.47 bits per heavy atom. The second kappa shape index (κ2) is 10.0. The number of aliphatic imine (C=N–C) groups is 1. The van der Waals surface area contributed by atoms with Crippen LogP contribution in [0.1, 0.15) is 32.8 Å². The molecule has 0 bridgehead atoms. The average molecular weight is 419 g/mol. The highest BCUT2D eigenvalue weighted by Crippen LogP contribution is 2.23. The number of hydrogen-bond donors (Lipinski definition) is 2. The molecule has 0 saturated heterocycles. The van der Waals surface area contributed by atoms with Gasteiger partial charge in [0, 0.05) is 6.42 Å². The smallest absolute Gasteiger partial charge is 0.433 e. The first kappa shape index (κ1) is 23.1. The van der Waals surface area contributed by atoms with Crippen LogP contribution in [0.4, 0.5) is 9.18 Å². The molecule has 1 amide bonds. The van der Waals surface area contributed by atoms with E-state index >= 15 is 0 Å². The van der Waals surface area contributed by atoms with Gasteiger partial charge in [0.15, 0.2) is 0 Å². The number of fused-ring (bicyclic) bond motifs is 1. The fraction of sp³-hybridized carbons (Fsp3) is 0.381. The fourth-order valence-electron chi connectivity index (χ4n) is 2.62. The number of rotatable bonds is 6. The standard InChI is InChI=1S/C21H26FN3O5/c1-21(2,3)30-19(26)18(24-20(27)28)25(23)13-14-5-6-16-12-17(29-10-4-9-22)8-7-15(16)11-14/h5-8,11-12H,4,9-10,13,23H2,1-3H3,(H,27,28). The maximum absolute atomic E-state index is 12.3. The van der Waals surface area contributed by atoms with Gasteiger partial charge in [-0.25, -0.2) is 15.4 Å². The quantitative estimate of drug-likeness (QED) is 0.183. The van der Waals surface area contributed by atoms with Crippen molar-refractivity contribution in [2.75, 3.05) is 13.3 Å². The Labute approximate surface area is 174 Å². The van der Waals surface area contributed by atoms with Gasteiger partial charge in [-0.3, -0.25) is 9.40 Å². The molecule has 0 saturated carbocycles. The van der Waals surface area contributed by atoms with Gasteiger partial charge in [-0.15, -0.1) is 4.99 Å². The van der Waals surface area contributed by atoms with Gasteiger partial charge in [0.1, 0.15) is 11.4 Å². The van der Waals surface area contributed by atoms with Crippen LogP contribution >= 0.6 is 0 Å². The molecule has 3 N–H and O–H groups in total. The molecule has 8 nitrogen and oxygen atoms in total. The number of esters is 1. The van der Waals surface area contributed by atoms with Crippen molar-refractivity contribution in [2.24, 2.45) is 10.8 Å². The van der Waals surface area contributed by atoms with Gasteiger partial charge in [-0.05, 0) is 55.3 Å². The molecule has 162 valence electrons. The lowest BCUT2D eigenvalue weighted by Gasteiger charge is -2.24. The molecule has 0 aliphatic rings. The van der Waals surface area contributed by atoms with E-state index in [-0.39, 0.29) is 6.54 Å². The van der Waals surface area contributed by atoms with Gasteiger partial charge in [-0.2, -0.15) is 0 Å². The van der Waals surface area contributed by atoms with Gasteiger partial charge in [0.2, 0.25) is 5.84 Å². The van der Waals surface area contributed by atoms with Crippen LogP contribution in [0.25, 0.3) is 10.8 Å². The van der Waals surface area contributed by atoms with Crippen molar-refractivity contribution in [1.82, 2.24) is 5.01 Å². The van der Waals surface area contributed by atoms with E-state index in [0.29, 0.717) is 18.8 Å². The van der Waals surface area contributed by atoms with Crippen molar-refractivity contribution >= 4 is 28.7 Å². The molecule has 9 heteroatoms. The number of hydrazine groups is 1. The summed E-state index contributed by atoms with van der Waals surface area (Å²) >= 11 is 0. The van der Waals surface area contributed by atoms with Crippen LogP contribution in [0.3, 0.4) is 0 Å². The zero-order valence-electron chi connectivity index (χ0n) is 17.2. The first-order valence-electron chi connectivity index (χ1n) is 9.38. The lowest BCUT2D eigenvalue weighted by molar-refractivity contribution is -0.147. The number of halogens is 1. The minimum absolute atomic E-state index is 0.0377. The molecule has 0 aliphatic carbocycles. The SMILES string of the molecule is CC(C)(C)OC(=O)C(=NC(=O)O)N(N)Cc1ccc2cc(OCCCF)ccc2c1. The molecule has 0 atom stereocenters. The van der Waals surface area contributed by atoms with Crippen molar-refractivity contribution in [3.8, 4) is 5.75 Å². The number of benzene rings is 2. The molecule has 2 aromatic carbocycles. The van der Waals surface area contributed by atoms with Crippen molar-refractivity contribution in [1.29, 1.82) is 0 Å². The monoisotopic (exact) mass is 419 g/mol. The Morgan fingerprint density at radius 2 is 1.83 bits per heavy atom. The second-order valence-corrected chi connectivity index (χ2v) is 7.58. The number of amides is 1. The van der Waals surface area contributed by atoms with Gasteiger partial charge in [-0.1, -0.05) is 18.2 Å². The minimum Gasteiger partial charge on any atom is -0.493 e. The molecular weight excluding hydrogens is 393 g/mol. The molecule has 30 heavy (non-hydrogen) atoms. The summed E-state index contributed by atoms with van der Waals surface area (Å²) in [4.78, 5) is 26.6. The second-order valence-electron chi connectivity index (χ2n) is 7.58. The van der Waals surface area contributed by atoms with E-state index in [1.165, 1.54) is 0 Å². The van der Waals surface area contributed by atoms with E-state index in [1.54, 1.807) is 32.9 Å². The molecule has 0 aromatic heterocycles. The van der Waals surface area contributed by atoms with E-state index < -0.39 is 30.2 Å². The molecular formula is C21H26FN3O5. The van der Waals surface area contributed by atoms with Crippen molar-refractivity contribution in [3.63, 3.8) is 0 Å². The zero-order chi connectivity index (χ0) is 22.3. The molecule has 0 aliphatic heterocycles. The normalized spacial score (nSPS) is 12.0. The zero-order valence-corrected chi connectivity index (χ0v) is 17.2. The van der Waals surface area contributed by atoms with Crippen LogP contribution in [-0.2, 0) is 16.1 Å². The fourth-order valence-corrected chi connectivity index (χ4v) is 2.62. The summed E-state index contributed by atoms with van der Waals surface area (Å²) in [5.41, 5.74) is -0.0952. The maximum atomic E-state index is 12.3. The Balaban J connectivity index is 2.18. The largest absolute Gasteiger partial charge is 0.493 e. The summed E-state index contributed by atoms with van der Waals surface area (Å²) < 4.78 is 22.9. The van der Waals surface area contributed by atoms with E-state index in [2.05, 4.69) is 4.99 Å². The van der Waals surface area contributed by atoms with Gasteiger partial charge in [0.05, 0.1) is 19.8 Å². The number of amidine groups is 1. The van der Waals surface area contributed by atoms with Crippen LogP contribution < -0.4 is 10.6 Å². The number of ether oxygens (including phenoxy) is 2. The van der Waals surface area contributed by atoms with Crippen molar-refractivity contribution in [3.05, 3.63) is 42.0 Å². The summed E-state index contributed by atoms with van der Waals surface area (Å²) in [7, 11) is 0. The number of hydrogen-bond acceptors (Lipinski definition) is 5. The summed E-state index contributed by atoms with van der Waals surface area (Å²) in [5, 5.41) is 11.7. The highest BCUT2D eigenvalue weighted by molar-refractivity contribution is 6.36. The first-order chi connectivity index (χ1) is 14.1. The lowest BCUT2D eigenvalue weighted by atomic mass is 10.1. The third-order valence-corrected chi connectivity index (χ3v) is 3.83. The minimum atomic E-state index is -1.55. The molecule has 2 aromatic rings. The third kappa shape index (κ3) is 7.00. The van der Waals surface area contributed by atoms with Crippen molar-refractivity contribution < 1.29 is 28.6 Å². The van der Waals surface area contributed by atoms with E-state index in [1.807, 2.05) is 24.3 Å². The van der Waals surface area contributed by atoms with E-state index in [0.717, 1.165) is 21.3 Å². The van der Waals surface area contributed by atoms with Gasteiger partial charge >= 0.3 is 12.1 Å². The first-order valence-corrected chi connectivity index (χ1v) is 9.38. The number of carboxylic acid groups (broad SMARTS) is 1. The number of nitrogens with two attached hydrogens (primary N) is 1. The van der Waals surface area contributed by atoms with E-state index in [4.69, 9.17) is 20.4 Å². The summed E-state index contributed by atoms with van der Waals surface area (Å²) in [6.45, 7) is 4.88. The maximum Gasteiger partial charge on any atom is 0.433 e. The highest BCUT2D eigenvalue weighted by atomic mass is 19.1. The Morgan fingerprint density at radius 1 is 1.17 bits per heavy atom. The third-order valence-electron chi connectivity index (χ3n) is 3.83. The predicted octanol–water partition coefficient (Wildman–Crippen LogP) is 3.67. The van der Waals surface area contributed by atoms with Crippen LogP contribution in [-0.4, -0.2) is 46.9 Å². The number of carbonyl (C=O) groups is 2. The van der Waals surface area contributed by atoms with E-state index in [9.17, 15) is 14.0 Å². The van der Waals surface area contributed by atoms with Crippen LogP contribution in [0.5, 0.6) is 5.75 Å². The highest BCUT2D eigenvalue weighted by Gasteiger charge is 2.25. The Hall–Kier alpha value is -3.20. The molecule has 0 unspecified atom stereocenters. The lowest BCUT2D eigenvalue weighted by Crippen LogP contribution is -2.44. The van der Waals surface area contributed by atoms with Crippen LogP contribution in [0, 0.1) is 0 Å². The number of alkyl halides is 1. The van der Waals surface area contributed by atoms with Crippen molar-refractivity contribution in [2.45, 2.75) is 39.3 Å². The average Bonchev–Trinajstić information content (AvgIpc) is 2.64. The predicted molar refractivity (Wildman–Crippen MR) is 111 cm³/mol. The molecule has 0 fully saturated rings. The molecule has 0 heterocycles. The Bertz CT molecular complexity index is 940. The van der Waals surface area contributed by atoms with Crippen LogP contribution in [0.2, 0.25) is 0 Å². The molecule has 0 radical (unpaired) electrons. The topological polar surface area (TPSA) is 114 Å². The molecule has 0 spiro atoms. The number of carbonyl (C=O) groups excluding carboxylic acids is 1. The van der Waals surface area contributed by atoms with Gasteiger partial charge < -0.3 is 14.6 Å². The Kier molecular flexibility index (Phi) is 7.71. The molecule has 2 rings (SSSR count). The number of nitrogens with zero attached hydrogens (tertiary/aromatic N) is 2. The summed E-state index contributed by atoms with van der Waals surface area (Å²) in [6, 6.07) is 11.0.